The molecule has 0 fully saturated rings. The molecule has 1 aromatic rings. The van der Waals surface area contributed by atoms with Crippen LogP contribution in [-0.2, 0) is 0 Å². The topological polar surface area (TPSA) is 26.3 Å². The fourth-order valence-corrected chi connectivity index (χ4v) is 1.85. The molecule has 0 spiro atoms. The van der Waals surface area contributed by atoms with Gasteiger partial charge in [-0.15, -0.1) is 0 Å². The predicted octanol–water partition coefficient (Wildman–Crippen LogP) is 4.47. The third-order valence-electron chi connectivity index (χ3n) is 2.98. The average Bonchev–Trinajstić information content (AvgIpc) is 2.30. The number of Topliss-reactive ketones (excluding diaryl/α,β-unsaturated/α-hetero) is 1. The molecule has 0 amide bonds. The maximum absolute atomic E-state index is 12.4. The number of hydrogen-bond donors (Lipinski definition) is 0. The zero-order valence-corrected chi connectivity index (χ0v) is 12.4. The molecule has 2 nitrogen and oxygen atoms in total. The van der Waals surface area contributed by atoms with Crippen LogP contribution in [-0.4, -0.2) is 12.4 Å². The first-order valence-electron chi connectivity index (χ1n) is 5.89. The van der Waals surface area contributed by atoms with Crippen molar-refractivity contribution in [1.29, 1.82) is 0 Å². The highest BCUT2D eigenvalue weighted by Gasteiger charge is 2.28. The molecule has 0 unspecified atom stereocenters. The molecule has 0 saturated heterocycles. The van der Waals surface area contributed by atoms with Crippen molar-refractivity contribution in [2.45, 2.75) is 34.1 Å². The van der Waals surface area contributed by atoms with E-state index in [0.717, 1.165) is 10.9 Å². The Bertz CT molecular complexity index is 411. The number of ketones is 1. The maximum atomic E-state index is 12.4. The highest BCUT2D eigenvalue weighted by Crippen LogP contribution is 2.32. The van der Waals surface area contributed by atoms with Crippen molar-refractivity contribution in [2.24, 2.45) is 5.41 Å². The van der Waals surface area contributed by atoms with E-state index in [4.69, 9.17) is 4.74 Å². The minimum Gasteiger partial charge on any atom is -0.493 e. The molecule has 0 heterocycles. The van der Waals surface area contributed by atoms with E-state index in [1.807, 2.05) is 45.9 Å². The van der Waals surface area contributed by atoms with Gasteiger partial charge >= 0.3 is 0 Å². The molecule has 3 heteroatoms. The summed E-state index contributed by atoms with van der Waals surface area (Å²) in [7, 11) is 0. The second kappa shape index (κ2) is 5.67. The van der Waals surface area contributed by atoms with E-state index in [9.17, 15) is 4.79 Å². The fraction of sp³-hybridized carbons (Fsp3) is 0.500. The lowest BCUT2D eigenvalue weighted by atomic mass is 9.82. The molecular weight excluding hydrogens is 280 g/mol. The van der Waals surface area contributed by atoms with Crippen LogP contribution >= 0.6 is 15.9 Å². The molecule has 0 aliphatic rings. The molecule has 94 valence electrons. The van der Waals surface area contributed by atoms with Crippen LogP contribution in [0.1, 0.15) is 44.5 Å². The molecule has 0 bridgehead atoms. The first kappa shape index (κ1) is 14.2. The van der Waals surface area contributed by atoms with E-state index in [-0.39, 0.29) is 11.2 Å². The normalized spacial score (nSPS) is 11.4. The largest absolute Gasteiger partial charge is 0.493 e. The smallest absolute Gasteiger partial charge is 0.172 e. The summed E-state index contributed by atoms with van der Waals surface area (Å²) in [5, 5.41) is 0. The molecular formula is C14H19BrO2. The zero-order chi connectivity index (χ0) is 13.1. The van der Waals surface area contributed by atoms with Crippen LogP contribution in [0.5, 0.6) is 5.75 Å². The van der Waals surface area contributed by atoms with Gasteiger partial charge in [-0.3, -0.25) is 4.79 Å². The van der Waals surface area contributed by atoms with E-state index in [0.29, 0.717) is 17.9 Å². The lowest BCUT2D eigenvalue weighted by Crippen LogP contribution is -2.24. The van der Waals surface area contributed by atoms with Crippen LogP contribution in [0, 0.1) is 5.41 Å². The van der Waals surface area contributed by atoms with Crippen LogP contribution in [0.3, 0.4) is 0 Å². The number of carbonyl (C=O) groups excluding carboxylic acids is 1. The van der Waals surface area contributed by atoms with Gasteiger partial charge in [0.25, 0.3) is 0 Å². The summed E-state index contributed by atoms with van der Waals surface area (Å²) >= 11 is 3.40. The molecule has 1 aromatic carbocycles. The lowest BCUT2D eigenvalue weighted by molar-refractivity contribution is 0.0829. The van der Waals surface area contributed by atoms with Gasteiger partial charge in [-0.25, -0.2) is 0 Å². The van der Waals surface area contributed by atoms with Gasteiger partial charge in [-0.2, -0.15) is 0 Å². The number of benzene rings is 1. The minimum absolute atomic E-state index is 0.129. The Labute approximate surface area is 111 Å². The summed E-state index contributed by atoms with van der Waals surface area (Å²) < 4.78 is 6.41. The van der Waals surface area contributed by atoms with Crippen molar-refractivity contribution in [2.75, 3.05) is 6.61 Å². The predicted molar refractivity (Wildman–Crippen MR) is 73.7 cm³/mol. The second-order valence-electron chi connectivity index (χ2n) is 4.64. The van der Waals surface area contributed by atoms with Gasteiger partial charge in [-0.05, 0) is 31.5 Å². The summed E-state index contributed by atoms with van der Waals surface area (Å²) in [6, 6.07) is 5.57. The SMILES string of the molecule is CCOc1ccc(Br)cc1C(=O)C(C)(C)CC. The zero-order valence-electron chi connectivity index (χ0n) is 10.8. The molecule has 1 rings (SSSR count). The second-order valence-corrected chi connectivity index (χ2v) is 5.56. The lowest BCUT2D eigenvalue weighted by Gasteiger charge is -2.22. The van der Waals surface area contributed by atoms with E-state index in [2.05, 4.69) is 15.9 Å². The molecule has 0 aliphatic carbocycles. The van der Waals surface area contributed by atoms with E-state index in [1.165, 1.54) is 0 Å². The standard InChI is InChI=1S/C14H19BrO2/c1-5-14(3,4)13(16)11-9-10(15)7-8-12(11)17-6-2/h7-9H,5-6H2,1-4H3. The first-order chi connectivity index (χ1) is 7.92. The highest BCUT2D eigenvalue weighted by atomic mass is 79.9. The number of carbonyl (C=O) groups is 1. The Kier molecular flexibility index (Phi) is 4.75. The first-order valence-corrected chi connectivity index (χ1v) is 6.68. The van der Waals surface area contributed by atoms with E-state index >= 15 is 0 Å². The number of halogens is 1. The van der Waals surface area contributed by atoms with Crippen LogP contribution in [0.15, 0.2) is 22.7 Å². The van der Waals surface area contributed by atoms with Gasteiger partial charge in [-0.1, -0.05) is 36.7 Å². The number of hydrogen-bond acceptors (Lipinski definition) is 2. The van der Waals surface area contributed by atoms with Crippen molar-refractivity contribution >= 4 is 21.7 Å². The monoisotopic (exact) mass is 298 g/mol. The van der Waals surface area contributed by atoms with Crippen LogP contribution in [0.4, 0.5) is 0 Å². The van der Waals surface area contributed by atoms with Crippen molar-refractivity contribution in [1.82, 2.24) is 0 Å². The average molecular weight is 299 g/mol. The van der Waals surface area contributed by atoms with Gasteiger partial charge in [0.15, 0.2) is 5.78 Å². The van der Waals surface area contributed by atoms with Crippen LogP contribution in [0.2, 0.25) is 0 Å². The van der Waals surface area contributed by atoms with Gasteiger partial charge < -0.3 is 4.74 Å². The van der Waals surface area contributed by atoms with Crippen LogP contribution in [0.25, 0.3) is 0 Å². The minimum atomic E-state index is -0.355. The summed E-state index contributed by atoms with van der Waals surface area (Å²) in [4.78, 5) is 12.4. The summed E-state index contributed by atoms with van der Waals surface area (Å²) in [5.74, 6) is 0.798. The highest BCUT2D eigenvalue weighted by molar-refractivity contribution is 9.10. The molecule has 0 aliphatic heterocycles. The summed E-state index contributed by atoms with van der Waals surface area (Å²) in [6.07, 6.45) is 0.809. The van der Waals surface area contributed by atoms with Gasteiger partial charge in [0.2, 0.25) is 0 Å². The third kappa shape index (κ3) is 3.32. The number of ether oxygens (including phenoxy) is 1. The van der Waals surface area contributed by atoms with Crippen molar-refractivity contribution in [3.63, 3.8) is 0 Å². The van der Waals surface area contributed by atoms with E-state index in [1.54, 1.807) is 0 Å². The number of rotatable bonds is 5. The summed E-state index contributed by atoms with van der Waals surface area (Å²) in [5.41, 5.74) is 0.306. The Hall–Kier alpha value is -0.830. The molecule has 0 N–H and O–H groups in total. The molecule has 0 atom stereocenters. The van der Waals surface area contributed by atoms with Gasteiger partial charge in [0.1, 0.15) is 5.75 Å². The Balaban J connectivity index is 3.19. The molecule has 0 radical (unpaired) electrons. The molecule has 0 saturated carbocycles. The maximum Gasteiger partial charge on any atom is 0.172 e. The Morgan fingerprint density at radius 1 is 1.35 bits per heavy atom. The van der Waals surface area contributed by atoms with Crippen molar-refractivity contribution in [3.05, 3.63) is 28.2 Å². The van der Waals surface area contributed by atoms with Gasteiger partial charge in [0.05, 0.1) is 12.2 Å². The fourth-order valence-electron chi connectivity index (χ4n) is 1.49. The van der Waals surface area contributed by atoms with Gasteiger partial charge in [0, 0.05) is 9.89 Å². The quantitative estimate of drug-likeness (QED) is 0.750. The Morgan fingerprint density at radius 2 is 2.00 bits per heavy atom. The van der Waals surface area contributed by atoms with E-state index < -0.39 is 0 Å². The Morgan fingerprint density at radius 3 is 2.53 bits per heavy atom. The van der Waals surface area contributed by atoms with Crippen LogP contribution < -0.4 is 4.74 Å². The summed E-state index contributed by atoms with van der Waals surface area (Å²) in [6.45, 7) is 8.43. The molecule has 17 heavy (non-hydrogen) atoms. The molecule has 0 aromatic heterocycles. The van der Waals surface area contributed by atoms with Crippen molar-refractivity contribution < 1.29 is 9.53 Å². The van der Waals surface area contributed by atoms with Crippen molar-refractivity contribution in [3.8, 4) is 5.75 Å². The third-order valence-corrected chi connectivity index (χ3v) is 3.48.